The molecule has 1 unspecified atom stereocenters. The molecule has 0 fully saturated rings. The van der Waals surface area contributed by atoms with Crippen molar-refractivity contribution >= 4 is 38.3 Å². The molecule has 2 aromatic rings. The van der Waals surface area contributed by atoms with Gasteiger partial charge in [0.05, 0.1) is 0 Å². The molecular formula is C25H36LiO3P. The van der Waals surface area contributed by atoms with E-state index in [9.17, 15) is 4.79 Å². The van der Waals surface area contributed by atoms with Crippen LogP contribution in [0.5, 0.6) is 11.5 Å². The molecule has 160 valence electrons. The predicted octanol–water partition coefficient (Wildman–Crippen LogP) is 5.77. The van der Waals surface area contributed by atoms with Crippen LogP contribution in [0, 0.1) is 27.7 Å². The van der Waals surface area contributed by atoms with Crippen molar-refractivity contribution in [3.63, 3.8) is 0 Å². The van der Waals surface area contributed by atoms with Gasteiger partial charge in [0.25, 0.3) is 0 Å². The van der Waals surface area contributed by atoms with Gasteiger partial charge in [-0.2, -0.15) is 0 Å². The van der Waals surface area contributed by atoms with Gasteiger partial charge in [0, 0.05) is 16.9 Å². The second-order valence-electron chi connectivity index (χ2n) is 9.68. The van der Waals surface area contributed by atoms with E-state index in [0.717, 1.165) is 27.7 Å². The molecule has 2 rings (SSSR count). The van der Waals surface area contributed by atoms with Gasteiger partial charge in [-0.1, -0.05) is 6.07 Å². The first-order valence-electron chi connectivity index (χ1n) is 10.1. The molecule has 2 aromatic carbocycles. The average molecular weight is 422 g/mol. The van der Waals surface area contributed by atoms with E-state index in [0.29, 0.717) is 5.75 Å². The van der Waals surface area contributed by atoms with Crippen molar-refractivity contribution in [3.8, 4) is 11.5 Å². The molecule has 0 amide bonds. The van der Waals surface area contributed by atoms with Crippen molar-refractivity contribution in [1.82, 2.24) is 0 Å². The van der Waals surface area contributed by atoms with Gasteiger partial charge in [-0.05, 0) is 112 Å². The normalized spacial score (nSPS) is 12.1. The predicted molar refractivity (Wildman–Crippen MR) is 132 cm³/mol. The van der Waals surface area contributed by atoms with Gasteiger partial charge in [0.1, 0.15) is 22.7 Å². The van der Waals surface area contributed by atoms with Crippen LogP contribution < -0.4 is 14.8 Å². The van der Waals surface area contributed by atoms with Gasteiger partial charge in [0.15, 0.2) is 5.52 Å². The molecule has 30 heavy (non-hydrogen) atoms. The Morgan fingerprint density at radius 1 is 0.800 bits per heavy atom. The topological polar surface area (TPSA) is 35.5 Å². The van der Waals surface area contributed by atoms with Crippen LogP contribution in [0.15, 0.2) is 24.3 Å². The van der Waals surface area contributed by atoms with E-state index in [1.807, 2.05) is 73.6 Å². The molecule has 0 bridgehead atoms. The average Bonchev–Trinajstić information content (AvgIpc) is 2.52. The first kappa shape index (κ1) is 26.8. The summed E-state index contributed by atoms with van der Waals surface area (Å²) in [5.74, 6) is 1.46. The standard InChI is InChI=1S/C25H35O3P.Li.H/c1-15-13-16(2)22(18(4)17(15)3)23(26)29-21-12-11-19(27-24(5,6)7)14-20(21)28-25(8,9)10;;/h11-14,29H,1-10H3;;. The Balaban J connectivity index is 0.00000450. The van der Waals surface area contributed by atoms with E-state index >= 15 is 0 Å². The third kappa shape index (κ3) is 7.16. The number of carbonyl (C=O) groups excluding carboxylic acids is 1. The van der Waals surface area contributed by atoms with Crippen molar-refractivity contribution in [3.05, 3.63) is 52.1 Å². The molecule has 0 aromatic heterocycles. The summed E-state index contributed by atoms with van der Waals surface area (Å²) in [5.41, 5.74) is 4.83. The molecule has 0 aliphatic carbocycles. The van der Waals surface area contributed by atoms with Crippen LogP contribution in [0.3, 0.4) is 0 Å². The van der Waals surface area contributed by atoms with E-state index < -0.39 is 0 Å². The summed E-state index contributed by atoms with van der Waals surface area (Å²) in [6, 6.07) is 7.90. The van der Waals surface area contributed by atoms with Crippen molar-refractivity contribution in [2.75, 3.05) is 0 Å². The Kier molecular flexibility index (Phi) is 8.84. The number of ether oxygens (including phenoxy) is 2. The second kappa shape index (κ2) is 9.91. The first-order chi connectivity index (χ1) is 13.2. The van der Waals surface area contributed by atoms with Crippen molar-refractivity contribution < 1.29 is 14.3 Å². The van der Waals surface area contributed by atoms with E-state index in [2.05, 4.69) is 19.9 Å². The summed E-state index contributed by atoms with van der Waals surface area (Å²) < 4.78 is 12.2. The van der Waals surface area contributed by atoms with Crippen LogP contribution in [0.2, 0.25) is 0 Å². The quantitative estimate of drug-likeness (QED) is 0.453. The van der Waals surface area contributed by atoms with Crippen molar-refractivity contribution in [2.24, 2.45) is 0 Å². The van der Waals surface area contributed by atoms with Crippen LogP contribution in [-0.4, -0.2) is 35.6 Å². The van der Waals surface area contributed by atoms with Gasteiger partial charge < -0.3 is 9.47 Å². The Morgan fingerprint density at radius 3 is 1.90 bits per heavy atom. The van der Waals surface area contributed by atoms with Crippen LogP contribution >= 0.6 is 8.58 Å². The third-order valence-electron chi connectivity index (χ3n) is 4.62. The molecule has 0 N–H and O–H groups in total. The van der Waals surface area contributed by atoms with E-state index in [-0.39, 0.29) is 44.2 Å². The minimum atomic E-state index is -0.366. The first-order valence-corrected chi connectivity index (χ1v) is 11.1. The molecule has 0 aliphatic rings. The summed E-state index contributed by atoms with van der Waals surface area (Å²) in [4.78, 5) is 13.3. The molecular weight excluding hydrogens is 386 g/mol. The van der Waals surface area contributed by atoms with Crippen LogP contribution in [0.4, 0.5) is 0 Å². The molecule has 3 nitrogen and oxygen atoms in total. The Morgan fingerprint density at radius 2 is 1.37 bits per heavy atom. The van der Waals surface area contributed by atoms with Gasteiger partial charge in [0.2, 0.25) is 0 Å². The van der Waals surface area contributed by atoms with Gasteiger partial charge in [-0.3, -0.25) is 4.79 Å². The maximum atomic E-state index is 13.3. The fourth-order valence-electron chi connectivity index (χ4n) is 3.26. The number of aryl methyl sites for hydroxylation is 2. The zero-order valence-corrected chi connectivity index (χ0v) is 20.5. The van der Waals surface area contributed by atoms with Gasteiger partial charge >= 0.3 is 18.9 Å². The molecule has 0 heterocycles. The number of carbonyl (C=O) groups is 1. The van der Waals surface area contributed by atoms with Gasteiger partial charge in [-0.25, -0.2) is 0 Å². The fourth-order valence-corrected chi connectivity index (χ4v) is 4.42. The molecule has 0 aliphatic heterocycles. The molecule has 0 spiro atoms. The zero-order chi connectivity index (χ0) is 22.1. The summed E-state index contributed by atoms with van der Waals surface area (Å²) in [6.45, 7) is 20.3. The SMILES string of the molecule is Cc1cc(C)c(C(=O)Pc2ccc(OC(C)(C)C)cc2OC(C)(C)C)c(C)c1C.[LiH]. The number of hydrogen-bond donors (Lipinski definition) is 0. The summed E-state index contributed by atoms with van der Waals surface area (Å²) in [7, 11) is -0.00868. The number of rotatable bonds is 5. The Labute approximate surface area is 196 Å². The van der Waals surface area contributed by atoms with E-state index in [1.54, 1.807) is 0 Å². The monoisotopic (exact) mass is 422 g/mol. The molecule has 0 radical (unpaired) electrons. The zero-order valence-electron chi connectivity index (χ0n) is 19.5. The molecule has 0 saturated heterocycles. The van der Waals surface area contributed by atoms with E-state index in [1.165, 1.54) is 11.1 Å². The minimum absolute atomic E-state index is 0. The van der Waals surface area contributed by atoms with Crippen LogP contribution in [0.1, 0.15) is 74.2 Å². The summed E-state index contributed by atoms with van der Waals surface area (Å²) in [5, 5.41) is 0.906. The van der Waals surface area contributed by atoms with Crippen molar-refractivity contribution in [2.45, 2.75) is 80.4 Å². The van der Waals surface area contributed by atoms with E-state index in [4.69, 9.17) is 9.47 Å². The maximum absolute atomic E-state index is 13.3. The summed E-state index contributed by atoms with van der Waals surface area (Å²) in [6.07, 6.45) is 0. The molecule has 5 heteroatoms. The third-order valence-corrected chi connectivity index (χ3v) is 5.78. The van der Waals surface area contributed by atoms with Crippen LogP contribution in [-0.2, 0) is 0 Å². The Hall–Kier alpha value is -1.26. The molecule has 0 saturated carbocycles. The molecule has 1 atom stereocenters. The fraction of sp³-hybridized carbons (Fsp3) is 0.480. The van der Waals surface area contributed by atoms with Crippen LogP contribution in [0.25, 0.3) is 0 Å². The Bertz CT molecular complexity index is 921. The van der Waals surface area contributed by atoms with Crippen molar-refractivity contribution in [1.29, 1.82) is 0 Å². The number of hydrogen-bond acceptors (Lipinski definition) is 3. The number of benzene rings is 2. The summed E-state index contributed by atoms with van der Waals surface area (Å²) >= 11 is 0. The van der Waals surface area contributed by atoms with Gasteiger partial charge in [-0.15, -0.1) is 0 Å². The second-order valence-corrected chi connectivity index (χ2v) is 10.9.